The van der Waals surface area contributed by atoms with Gasteiger partial charge in [-0.1, -0.05) is 0 Å². The lowest BCUT2D eigenvalue weighted by molar-refractivity contribution is -0.129. The van der Waals surface area contributed by atoms with Crippen LogP contribution in [0.5, 0.6) is 0 Å². The average molecular weight is 224 g/mol. The fourth-order valence-corrected chi connectivity index (χ4v) is 2.24. The van der Waals surface area contributed by atoms with Crippen LogP contribution in [0.25, 0.3) is 0 Å². The summed E-state index contributed by atoms with van der Waals surface area (Å²) < 4.78 is 10.9. The molecule has 0 aromatic carbocycles. The third-order valence-electron chi connectivity index (χ3n) is 2.40. The molecular formula is C12H16O2S. The highest BCUT2D eigenvalue weighted by atomic mass is 32.1. The predicted molar refractivity (Wildman–Crippen MR) is 61.8 cm³/mol. The van der Waals surface area contributed by atoms with Gasteiger partial charge in [0.25, 0.3) is 0 Å². The first-order valence-electron chi connectivity index (χ1n) is 5.38. The minimum Gasteiger partial charge on any atom is -0.473 e. The van der Waals surface area contributed by atoms with E-state index in [4.69, 9.17) is 9.47 Å². The van der Waals surface area contributed by atoms with Gasteiger partial charge in [-0.05, 0) is 47.7 Å². The zero-order chi connectivity index (χ0) is 10.3. The molecule has 1 fully saturated rings. The third kappa shape index (κ3) is 3.68. The van der Waals surface area contributed by atoms with Crippen LogP contribution in [0.4, 0.5) is 0 Å². The van der Waals surface area contributed by atoms with Crippen LogP contribution in [0.1, 0.15) is 24.8 Å². The second-order valence-corrected chi connectivity index (χ2v) is 4.42. The minimum atomic E-state index is -0.0162. The minimum absolute atomic E-state index is 0.0162. The zero-order valence-corrected chi connectivity index (χ0v) is 9.54. The SMILES string of the molecule is C(=C/OC1CCCCO1)/Cc1ccsc1. The summed E-state index contributed by atoms with van der Waals surface area (Å²) in [7, 11) is 0. The lowest BCUT2D eigenvalue weighted by atomic mass is 10.2. The fraction of sp³-hybridized carbons (Fsp3) is 0.500. The molecule has 82 valence electrons. The largest absolute Gasteiger partial charge is 0.473 e. The molecule has 1 atom stereocenters. The topological polar surface area (TPSA) is 18.5 Å². The maximum atomic E-state index is 5.48. The molecule has 1 aliphatic rings. The number of rotatable bonds is 4. The molecule has 2 nitrogen and oxygen atoms in total. The Kier molecular flexibility index (Phi) is 4.23. The van der Waals surface area contributed by atoms with Gasteiger partial charge >= 0.3 is 0 Å². The molecule has 1 aromatic rings. The maximum Gasteiger partial charge on any atom is 0.198 e. The monoisotopic (exact) mass is 224 g/mol. The number of allylic oxidation sites excluding steroid dienone is 1. The van der Waals surface area contributed by atoms with Crippen molar-refractivity contribution in [1.29, 1.82) is 0 Å². The van der Waals surface area contributed by atoms with Crippen molar-refractivity contribution in [2.45, 2.75) is 32.0 Å². The molecule has 1 aliphatic heterocycles. The van der Waals surface area contributed by atoms with E-state index in [1.807, 2.05) is 6.08 Å². The molecule has 2 heterocycles. The van der Waals surface area contributed by atoms with E-state index in [-0.39, 0.29) is 6.29 Å². The fourth-order valence-electron chi connectivity index (χ4n) is 1.55. The smallest absolute Gasteiger partial charge is 0.198 e. The quantitative estimate of drug-likeness (QED) is 0.730. The average Bonchev–Trinajstić information content (AvgIpc) is 2.79. The molecule has 2 rings (SSSR count). The molecule has 1 saturated heterocycles. The first-order valence-corrected chi connectivity index (χ1v) is 6.32. The summed E-state index contributed by atoms with van der Waals surface area (Å²) >= 11 is 1.73. The molecule has 1 unspecified atom stereocenters. The van der Waals surface area contributed by atoms with E-state index in [2.05, 4.69) is 16.8 Å². The Morgan fingerprint density at radius 2 is 2.53 bits per heavy atom. The lowest BCUT2D eigenvalue weighted by Gasteiger charge is -2.21. The number of thiophene rings is 1. The van der Waals surface area contributed by atoms with Crippen LogP contribution >= 0.6 is 11.3 Å². The first kappa shape index (κ1) is 10.7. The van der Waals surface area contributed by atoms with E-state index < -0.39 is 0 Å². The zero-order valence-electron chi connectivity index (χ0n) is 8.72. The van der Waals surface area contributed by atoms with Crippen LogP contribution in [0.3, 0.4) is 0 Å². The molecule has 0 spiro atoms. The second kappa shape index (κ2) is 5.93. The van der Waals surface area contributed by atoms with Crippen LogP contribution in [0.15, 0.2) is 29.2 Å². The molecule has 0 amide bonds. The highest BCUT2D eigenvalue weighted by molar-refractivity contribution is 7.07. The van der Waals surface area contributed by atoms with Crippen molar-refractivity contribution in [3.05, 3.63) is 34.7 Å². The van der Waals surface area contributed by atoms with Crippen molar-refractivity contribution in [2.24, 2.45) is 0 Å². The Morgan fingerprint density at radius 1 is 1.53 bits per heavy atom. The molecule has 1 aromatic heterocycles. The molecule has 0 radical (unpaired) electrons. The molecule has 3 heteroatoms. The van der Waals surface area contributed by atoms with E-state index in [0.29, 0.717) is 0 Å². The Labute approximate surface area is 94.5 Å². The normalized spacial score (nSPS) is 22.0. The molecule has 0 bridgehead atoms. The summed E-state index contributed by atoms with van der Waals surface area (Å²) in [6.45, 7) is 0.836. The van der Waals surface area contributed by atoms with Crippen molar-refractivity contribution in [3.63, 3.8) is 0 Å². The summed E-state index contributed by atoms with van der Waals surface area (Å²) in [5.41, 5.74) is 1.34. The highest BCUT2D eigenvalue weighted by Crippen LogP contribution is 2.14. The van der Waals surface area contributed by atoms with Gasteiger partial charge in [0.1, 0.15) is 0 Å². The Balaban J connectivity index is 1.66. The molecule has 0 aliphatic carbocycles. The van der Waals surface area contributed by atoms with Gasteiger partial charge in [-0.15, -0.1) is 0 Å². The van der Waals surface area contributed by atoms with Crippen molar-refractivity contribution in [1.82, 2.24) is 0 Å². The predicted octanol–water partition coefficient (Wildman–Crippen LogP) is 3.35. The number of ether oxygens (including phenoxy) is 2. The summed E-state index contributed by atoms with van der Waals surface area (Å²) in [4.78, 5) is 0. The van der Waals surface area contributed by atoms with Gasteiger partial charge in [-0.2, -0.15) is 11.3 Å². The van der Waals surface area contributed by atoms with Crippen molar-refractivity contribution >= 4 is 11.3 Å². The highest BCUT2D eigenvalue weighted by Gasteiger charge is 2.12. The van der Waals surface area contributed by atoms with E-state index >= 15 is 0 Å². The van der Waals surface area contributed by atoms with Crippen LogP contribution in [-0.4, -0.2) is 12.9 Å². The van der Waals surface area contributed by atoms with Crippen molar-refractivity contribution in [2.75, 3.05) is 6.61 Å². The van der Waals surface area contributed by atoms with Crippen LogP contribution in [0, 0.1) is 0 Å². The van der Waals surface area contributed by atoms with Crippen LogP contribution in [0.2, 0.25) is 0 Å². The van der Waals surface area contributed by atoms with Gasteiger partial charge in [0.15, 0.2) is 6.29 Å². The first-order chi connectivity index (χ1) is 7.45. The summed E-state index contributed by atoms with van der Waals surface area (Å²) in [5.74, 6) is 0. The van der Waals surface area contributed by atoms with Gasteiger partial charge in [0, 0.05) is 6.42 Å². The molecule has 15 heavy (non-hydrogen) atoms. The number of hydrogen-bond donors (Lipinski definition) is 0. The van der Waals surface area contributed by atoms with Gasteiger partial charge in [-0.25, -0.2) is 0 Å². The third-order valence-corrected chi connectivity index (χ3v) is 3.13. The van der Waals surface area contributed by atoms with Gasteiger partial charge < -0.3 is 9.47 Å². The van der Waals surface area contributed by atoms with Crippen molar-refractivity contribution < 1.29 is 9.47 Å². The van der Waals surface area contributed by atoms with Crippen LogP contribution < -0.4 is 0 Å². The van der Waals surface area contributed by atoms with E-state index in [1.165, 1.54) is 18.4 Å². The molecule has 0 N–H and O–H groups in total. The van der Waals surface area contributed by atoms with Gasteiger partial charge in [-0.3, -0.25) is 0 Å². The summed E-state index contributed by atoms with van der Waals surface area (Å²) in [6, 6.07) is 2.13. The Morgan fingerprint density at radius 3 is 3.27 bits per heavy atom. The second-order valence-electron chi connectivity index (χ2n) is 3.64. The van der Waals surface area contributed by atoms with Crippen molar-refractivity contribution in [3.8, 4) is 0 Å². The summed E-state index contributed by atoms with van der Waals surface area (Å²) in [6.07, 6.45) is 8.13. The van der Waals surface area contributed by atoms with Gasteiger partial charge in [0.2, 0.25) is 0 Å². The standard InChI is InChI=1S/C12H16O2S/c1-2-7-13-12(5-1)14-8-3-4-11-6-9-15-10-11/h3,6,8-10,12H,1-2,4-5,7H2/b8-3-. The lowest BCUT2D eigenvalue weighted by Crippen LogP contribution is -2.19. The Bertz CT molecular complexity index is 287. The van der Waals surface area contributed by atoms with Crippen LogP contribution in [-0.2, 0) is 15.9 Å². The molecular weight excluding hydrogens is 208 g/mol. The summed E-state index contributed by atoms with van der Waals surface area (Å²) in [5, 5.41) is 4.25. The van der Waals surface area contributed by atoms with E-state index in [0.717, 1.165) is 19.4 Å². The van der Waals surface area contributed by atoms with E-state index in [1.54, 1.807) is 17.6 Å². The molecule has 0 saturated carbocycles. The Hall–Kier alpha value is -0.800. The maximum absolute atomic E-state index is 5.48. The number of hydrogen-bond acceptors (Lipinski definition) is 3. The van der Waals surface area contributed by atoms with Gasteiger partial charge in [0.05, 0.1) is 12.9 Å². The van der Waals surface area contributed by atoms with E-state index in [9.17, 15) is 0 Å².